The Kier molecular flexibility index (Phi) is 7.94. The van der Waals surface area contributed by atoms with Crippen molar-refractivity contribution in [1.29, 1.82) is 0 Å². The third-order valence-corrected chi connectivity index (χ3v) is 5.01. The molecule has 0 saturated carbocycles. The van der Waals surface area contributed by atoms with Gasteiger partial charge in [0.15, 0.2) is 0 Å². The fraction of sp³-hybridized carbons (Fsp3) is 0.235. The molecular formula is C17H19Cl2N3O2S2. The molecule has 3 rings (SSSR count). The monoisotopic (exact) mass is 431 g/mol. The Labute approximate surface area is 174 Å². The van der Waals surface area contributed by atoms with Gasteiger partial charge in [-0.2, -0.15) is 17.8 Å². The topological polar surface area (TPSA) is 44.8 Å². The highest BCUT2D eigenvalue weighted by atomic mass is 35.5. The van der Waals surface area contributed by atoms with E-state index < -0.39 is 0 Å². The predicted molar refractivity (Wildman–Crippen MR) is 113 cm³/mol. The quantitative estimate of drug-likeness (QED) is 0.577. The van der Waals surface area contributed by atoms with Gasteiger partial charge in [-0.05, 0) is 49.0 Å². The molecular weight excluding hydrogens is 413 g/mol. The average molecular weight is 432 g/mol. The molecule has 1 amide bonds. The van der Waals surface area contributed by atoms with Crippen molar-refractivity contribution in [3.8, 4) is 0 Å². The second kappa shape index (κ2) is 9.73. The molecule has 0 spiro atoms. The highest BCUT2D eigenvalue weighted by Gasteiger charge is 2.17. The first-order chi connectivity index (χ1) is 12.0. The van der Waals surface area contributed by atoms with Gasteiger partial charge in [-0.3, -0.25) is 4.79 Å². The SMILES string of the molecule is CN1CCN(c2ccc(C(=O)NCc3ccc(Cl)cc3Cl)cc2)OS1.S. The van der Waals surface area contributed by atoms with Gasteiger partial charge in [0.05, 0.1) is 12.2 Å². The van der Waals surface area contributed by atoms with Crippen molar-refractivity contribution in [1.82, 2.24) is 9.62 Å². The summed E-state index contributed by atoms with van der Waals surface area (Å²) in [5.74, 6) is -0.161. The average Bonchev–Trinajstić information content (AvgIpc) is 2.61. The van der Waals surface area contributed by atoms with E-state index in [1.54, 1.807) is 35.4 Å². The number of halogens is 2. The van der Waals surface area contributed by atoms with Gasteiger partial charge in [-0.15, -0.1) is 0 Å². The van der Waals surface area contributed by atoms with Crippen LogP contribution in [0.2, 0.25) is 10.0 Å². The number of rotatable bonds is 4. The van der Waals surface area contributed by atoms with E-state index in [1.165, 1.54) is 12.2 Å². The van der Waals surface area contributed by atoms with Crippen LogP contribution in [0.25, 0.3) is 0 Å². The third kappa shape index (κ3) is 5.45. The lowest BCUT2D eigenvalue weighted by Crippen LogP contribution is -2.35. The van der Waals surface area contributed by atoms with E-state index in [4.69, 9.17) is 27.5 Å². The number of nitrogens with one attached hydrogen (secondary N) is 1. The highest BCUT2D eigenvalue weighted by molar-refractivity contribution is 7.92. The van der Waals surface area contributed by atoms with Crippen LogP contribution in [-0.4, -0.2) is 30.3 Å². The smallest absolute Gasteiger partial charge is 0.251 e. The maximum absolute atomic E-state index is 12.3. The molecule has 26 heavy (non-hydrogen) atoms. The number of hydrogen-bond donors (Lipinski definition) is 1. The normalized spacial score (nSPS) is 14.7. The first-order valence-electron chi connectivity index (χ1n) is 7.68. The number of benzene rings is 2. The van der Waals surface area contributed by atoms with Gasteiger partial charge >= 0.3 is 0 Å². The summed E-state index contributed by atoms with van der Waals surface area (Å²) in [6.45, 7) is 2.01. The fourth-order valence-corrected chi connectivity index (χ4v) is 3.28. The number of anilines is 1. The Morgan fingerprint density at radius 1 is 1.19 bits per heavy atom. The van der Waals surface area contributed by atoms with Gasteiger partial charge < -0.3 is 5.32 Å². The number of carbonyl (C=O) groups excluding carboxylic acids is 1. The fourth-order valence-electron chi connectivity index (χ4n) is 2.30. The number of nitrogens with zero attached hydrogens (tertiary/aromatic N) is 2. The van der Waals surface area contributed by atoms with Crippen LogP contribution in [0.1, 0.15) is 15.9 Å². The van der Waals surface area contributed by atoms with Crippen molar-refractivity contribution >= 4 is 60.5 Å². The Bertz CT molecular complexity index is 754. The summed E-state index contributed by atoms with van der Waals surface area (Å²) in [6, 6.07) is 12.5. The molecule has 0 aliphatic carbocycles. The molecule has 1 saturated heterocycles. The Balaban J connectivity index is 0.00000243. The number of carbonyl (C=O) groups is 1. The molecule has 0 unspecified atom stereocenters. The summed E-state index contributed by atoms with van der Waals surface area (Å²) in [5, 5.41) is 5.77. The molecule has 2 aromatic rings. The van der Waals surface area contributed by atoms with Crippen LogP contribution in [0.3, 0.4) is 0 Å². The lowest BCUT2D eigenvalue weighted by atomic mass is 10.1. The van der Waals surface area contributed by atoms with E-state index in [1.807, 2.05) is 23.5 Å². The zero-order chi connectivity index (χ0) is 17.8. The number of amides is 1. The molecule has 1 aliphatic rings. The number of hydroxylamine groups is 1. The van der Waals surface area contributed by atoms with E-state index in [-0.39, 0.29) is 19.4 Å². The molecule has 1 fully saturated rings. The minimum Gasteiger partial charge on any atom is -0.348 e. The maximum atomic E-state index is 12.3. The van der Waals surface area contributed by atoms with Crippen LogP contribution >= 0.6 is 48.9 Å². The number of likely N-dealkylation sites (N-methyl/N-ethyl adjacent to an activating group) is 1. The molecule has 140 valence electrons. The van der Waals surface area contributed by atoms with E-state index in [2.05, 4.69) is 5.32 Å². The second-order valence-electron chi connectivity index (χ2n) is 5.57. The lowest BCUT2D eigenvalue weighted by Gasteiger charge is -2.30. The molecule has 1 aliphatic heterocycles. The summed E-state index contributed by atoms with van der Waals surface area (Å²) in [6.07, 6.45) is 0. The molecule has 0 bridgehead atoms. The van der Waals surface area contributed by atoms with E-state index in [9.17, 15) is 4.79 Å². The molecule has 0 aromatic heterocycles. The van der Waals surface area contributed by atoms with E-state index in [0.29, 0.717) is 22.2 Å². The van der Waals surface area contributed by atoms with Crippen molar-refractivity contribution < 1.29 is 9.08 Å². The van der Waals surface area contributed by atoms with Gasteiger partial charge in [0.2, 0.25) is 0 Å². The highest BCUT2D eigenvalue weighted by Crippen LogP contribution is 2.24. The van der Waals surface area contributed by atoms with Gasteiger partial charge in [-0.25, -0.2) is 9.37 Å². The maximum Gasteiger partial charge on any atom is 0.251 e. The van der Waals surface area contributed by atoms with Crippen molar-refractivity contribution in [2.45, 2.75) is 6.54 Å². The van der Waals surface area contributed by atoms with Crippen LogP contribution in [0.15, 0.2) is 42.5 Å². The van der Waals surface area contributed by atoms with Gasteiger partial charge in [0.25, 0.3) is 5.91 Å². The number of hydrogen-bond acceptors (Lipinski definition) is 5. The van der Waals surface area contributed by atoms with E-state index >= 15 is 0 Å². The summed E-state index contributed by atoms with van der Waals surface area (Å²) in [4.78, 5) is 12.3. The van der Waals surface area contributed by atoms with Crippen LogP contribution in [0.5, 0.6) is 0 Å². The summed E-state index contributed by atoms with van der Waals surface area (Å²) in [7, 11) is 1.97. The van der Waals surface area contributed by atoms with Crippen LogP contribution in [0.4, 0.5) is 5.69 Å². The van der Waals surface area contributed by atoms with Crippen LogP contribution in [0, 0.1) is 0 Å². The van der Waals surface area contributed by atoms with Crippen molar-refractivity contribution in [3.05, 3.63) is 63.6 Å². The minimum absolute atomic E-state index is 0. The van der Waals surface area contributed by atoms with Gasteiger partial charge in [0, 0.05) is 28.7 Å². The Hall–Kier alpha value is -1.09. The zero-order valence-corrected chi connectivity index (χ0v) is 17.4. The molecule has 9 heteroatoms. The van der Waals surface area contributed by atoms with Gasteiger partial charge in [-0.1, -0.05) is 29.3 Å². The first-order valence-corrected chi connectivity index (χ1v) is 9.14. The summed E-state index contributed by atoms with van der Waals surface area (Å²) >= 11 is 13.3. The molecule has 2 aromatic carbocycles. The predicted octanol–water partition coefficient (Wildman–Crippen LogP) is 4.28. The van der Waals surface area contributed by atoms with Crippen LogP contribution in [-0.2, 0) is 10.8 Å². The molecule has 0 radical (unpaired) electrons. The molecule has 1 N–H and O–H groups in total. The summed E-state index contributed by atoms with van der Waals surface area (Å²) < 4.78 is 7.57. The van der Waals surface area contributed by atoms with Gasteiger partial charge in [0.1, 0.15) is 12.2 Å². The lowest BCUT2D eigenvalue weighted by molar-refractivity contribution is 0.0951. The minimum atomic E-state index is -0.161. The molecule has 0 atom stereocenters. The van der Waals surface area contributed by atoms with Crippen molar-refractivity contribution in [2.24, 2.45) is 0 Å². The molecule has 1 heterocycles. The third-order valence-electron chi connectivity index (χ3n) is 3.74. The molecule has 5 nitrogen and oxygen atoms in total. The Morgan fingerprint density at radius 2 is 1.92 bits per heavy atom. The van der Waals surface area contributed by atoms with E-state index in [0.717, 1.165) is 24.3 Å². The first kappa shape index (κ1) is 21.2. The van der Waals surface area contributed by atoms with Crippen LogP contribution < -0.4 is 10.4 Å². The zero-order valence-electron chi connectivity index (χ0n) is 14.0. The van der Waals surface area contributed by atoms with Crippen molar-refractivity contribution in [3.63, 3.8) is 0 Å². The largest absolute Gasteiger partial charge is 0.348 e. The Morgan fingerprint density at radius 3 is 2.54 bits per heavy atom. The second-order valence-corrected chi connectivity index (χ2v) is 7.33. The summed E-state index contributed by atoms with van der Waals surface area (Å²) in [5.41, 5.74) is 2.31. The standard InChI is InChI=1S/C17H17Cl2N3O2S.H2S/c1-21-8-9-22(24-25-21)15-6-3-12(4-7-15)17(23)20-11-13-2-5-14(18)10-16(13)19;/h2-7,10H,8-9,11H2,1H3,(H,20,23);1H2. The van der Waals surface area contributed by atoms with Crippen molar-refractivity contribution in [2.75, 3.05) is 25.2 Å².